The molecule has 0 aliphatic heterocycles. The minimum Gasteiger partial charge on any atom is -0.298 e. The SMILES string of the molecule is N#Cc1cc(C(=O)CCl)cc(F)c1C=O. The summed E-state index contributed by atoms with van der Waals surface area (Å²) >= 11 is 5.28. The molecule has 0 amide bonds. The van der Waals surface area contributed by atoms with Crippen LogP contribution in [0, 0.1) is 17.1 Å². The van der Waals surface area contributed by atoms with Gasteiger partial charge in [0, 0.05) is 5.56 Å². The molecule has 0 fully saturated rings. The summed E-state index contributed by atoms with van der Waals surface area (Å²) in [7, 11) is 0. The van der Waals surface area contributed by atoms with Gasteiger partial charge in [-0.3, -0.25) is 9.59 Å². The number of Topliss-reactive ketones (excluding diaryl/α,β-unsaturated/α-hetero) is 1. The Kier molecular flexibility index (Phi) is 3.53. The summed E-state index contributed by atoms with van der Waals surface area (Å²) in [6, 6.07) is 3.69. The van der Waals surface area contributed by atoms with Crippen LogP contribution in [0.25, 0.3) is 0 Å². The van der Waals surface area contributed by atoms with Gasteiger partial charge in [-0.05, 0) is 12.1 Å². The summed E-state index contributed by atoms with van der Waals surface area (Å²) in [6.07, 6.45) is 0.239. The first-order valence-corrected chi connectivity index (χ1v) is 4.45. The summed E-state index contributed by atoms with van der Waals surface area (Å²) in [5.74, 6) is -1.69. The van der Waals surface area contributed by atoms with Gasteiger partial charge in [0.25, 0.3) is 0 Å². The lowest BCUT2D eigenvalue weighted by atomic mass is 10.0. The molecule has 76 valence electrons. The number of nitrogens with zero attached hydrogens (tertiary/aromatic N) is 1. The molecule has 0 aliphatic carbocycles. The summed E-state index contributed by atoms with van der Waals surface area (Å²) in [4.78, 5) is 21.6. The van der Waals surface area contributed by atoms with E-state index < -0.39 is 11.6 Å². The smallest absolute Gasteiger partial charge is 0.177 e. The van der Waals surface area contributed by atoms with Crippen molar-refractivity contribution >= 4 is 23.7 Å². The molecule has 1 rings (SSSR count). The Morgan fingerprint density at radius 3 is 2.73 bits per heavy atom. The van der Waals surface area contributed by atoms with Gasteiger partial charge in [0.15, 0.2) is 12.1 Å². The molecule has 0 spiro atoms. The van der Waals surface area contributed by atoms with E-state index >= 15 is 0 Å². The maximum absolute atomic E-state index is 13.2. The maximum atomic E-state index is 13.2. The van der Waals surface area contributed by atoms with Crippen molar-refractivity contribution in [2.45, 2.75) is 0 Å². The second kappa shape index (κ2) is 4.67. The summed E-state index contributed by atoms with van der Waals surface area (Å²) < 4.78 is 13.2. The van der Waals surface area contributed by atoms with Crippen LogP contribution in [0.3, 0.4) is 0 Å². The van der Waals surface area contributed by atoms with Gasteiger partial charge < -0.3 is 0 Å². The van der Waals surface area contributed by atoms with Crippen LogP contribution >= 0.6 is 11.6 Å². The fraction of sp³-hybridized carbons (Fsp3) is 0.100. The first kappa shape index (κ1) is 11.3. The molecular weight excluding hydrogens is 221 g/mol. The van der Waals surface area contributed by atoms with Gasteiger partial charge in [-0.2, -0.15) is 5.26 Å². The van der Waals surface area contributed by atoms with Gasteiger partial charge in [0.05, 0.1) is 17.0 Å². The predicted molar refractivity (Wildman–Crippen MR) is 51.6 cm³/mol. The summed E-state index contributed by atoms with van der Waals surface area (Å²) in [6.45, 7) is 0. The third-order valence-electron chi connectivity index (χ3n) is 1.81. The lowest BCUT2D eigenvalue weighted by Crippen LogP contribution is -2.04. The Morgan fingerprint density at radius 1 is 1.60 bits per heavy atom. The molecule has 1 aromatic rings. The molecule has 0 bridgehead atoms. The number of alkyl halides is 1. The second-order valence-electron chi connectivity index (χ2n) is 2.71. The number of benzene rings is 1. The molecule has 0 N–H and O–H groups in total. The van der Waals surface area contributed by atoms with E-state index in [2.05, 4.69) is 0 Å². The quantitative estimate of drug-likeness (QED) is 0.449. The van der Waals surface area contributed by atoms with Crippen LogP contribution in [0.4, 0.5) is 4.39 Å². The van der Waals surface area contributed by atoms with E-state index in [1.165, 1.54) is 0 Å². The number of rotatable bonds is 3. The maximum Gasteiger partial charge on any atom is 0.177 e. The Bertz CT molecular complexity index is 465. The van der Waals surface area contributed by atoms with Gasteiger partial charge in [0.1, 0.15) is 11.9 Å². The Morgan fingerprint density at radius 2 is 2.27 bits per heavy atom. The van der Waals surface area contributed by atoms with E-state index in [0.717, 1.165) is 12.1 Å². The lowest BCUT2D eigenvalue weighted by molar-refractivity contribution is 0.101. The van der Waals surface area contributed by atoms with Crippen molar-refractivity contribution in [2.75, 3.05) is 5.88 Å². The minimum atomic E-state index is -0.891. The summed E-state index contributed by atoms with van der Waals surface area (Å²) in [5.41, 5.74) is -0.522. The first-order chi connectivity index (χ1) is 7.13. The molecule has 0 atom stereocenters. The van der Waals surface area contributed by atoms with E-state index in [1.807, 2.05) is 0 Å². The van der Waals surface area contributed by atoms with Crippen LogP contribution in [-0.2, 0) is 0 Å². The fourth-order valence-corrected chi connectivity index (χ4v) is 1.22. The minimum absolute atomic E-state index is 0.00958. The van der Waals surface area contributed by atoms with Gasteiger partial charge in [-0.25, -0.2) is 4.39 Å². The fourth-order valence-electron chi connectivity index (χ4n) is 1.07. The largest absolute Gasteiger partial charge is 0.298 e. The van der Waals surface area contributed by atoms with E-state index in [4.69, 9.17) is 16.9 Å². The zero-order valence-electron chi connectivity index (χ0n) is 7.46. The standard InChI is InChI=1S/C10H5ClFNO2/c11-3-10(15)6-1-7(4-13)8(5-14)9(12)2-6/h1-2,5H,3H2. The molecule has 15 heavy (non-hydrogen) atoms. The van der Waals surface area contributed by atoms with Gasteiger partial charge in [0.2, 0.25) is 0 Å². The number of ketones is 1. The van der Waals surface area contributed by atoms with Crippen LogP contribution in [0.15, 0.2) is 12.1 Å². The molecule has 3 nitrogen and oxygen atoms in total. The molecule has 0 aromatic heterocycles. The zero-order chi connectivity index (χ0) is 11.4. The Labute approximate surface area is 90.1 Å². The van der Waals surface area contributed by atoms with Crippen molar-refractivity contribution in [1.29, 1.82) is 5.26 Å². The Balaban J connectivity index is 3.40. The molecule has 0 radical (unpaired) electrons. The van der Waals surface area contributed by atoms with Crippen LogP contribution in [0.1, 0.15) is 26.3 Å². The third kappa shape index (κ3) is 2.20. The highest BCUT2D eigenvalue weighted by Crippen LogP contribution is 2.15. The number of hydrogen-bond acceptors (Lipinski definition) is 3. The van der Waals surface area contributed by atoms with Crippen molar-refractivity contribution in [3.8, 4) is 6.07 Å². The molecule has 0 heterocycles. The van der Waals surface area contributed by atoms with Gasteiger partial charge in [-0.1, -0.05) is 0 Å². The molecule has 0 unspecified atom stereocenters. The van der Waals surface area contributed by atoms with Crippen molar-refractivity contribution < 1.29 is 14.0 Å². The average Bonchev–Trinajstić information content (AvgIpc) is 2.26. The Hall–Kier alpha value is -1.73. The van der Waals surface area contributed by atoms with E-state index in [1.54, 1.807) is 6.07 Å². The number of nitriles is 1. The predicted octanol–water partition coefficient (Wildman–Crippen LogP) is 1.93. The van der Waals surface area contributed by atoms with E-state index in [9.17, 15) is 14.0 Å². The highest BCUT2D eigenvalue weighted by molar-refractivity contribution is 6.30. The number of aldehydes is 1. The normalized spacial score (nSPS) is 9.40. The average molecular weight is 226 g/mol. The first-order valence-electron chi connectivity index (χ1n) is 3.92. The van der Waals surface area contributed by atoms with Crippen molar-refractivity contribution in [1.82, 2.24) is 0 Å². The zero-order valence-corrected chi connectivity index (χ0v) is 8.21. The van der Waals surface area contributed by atoms with Gasteiger partial charge >= 0.3 is 0 Å². The van der Waals surface area contributed by atoms with Crippen LogP contribution in [-0.4, -0.2) is 17.9 Å². The second-order valence-corrected chi connectivity index (χ2v) is 2.97. The summed E-state index contributed by atoms with van der Waals surface area (Å²) in [5, 5.41) is 8.63. The van der Waals surface area contributed by atoms with E-state index in [0.29, 0.717) is 0 Å². The molecule has 1 aromatic carbocycles. The highest BCUT2D eigenvalue weighted by Gasteiger charge is 2.13. The van der Waals surface area contributed by atoms with E-state index in [-0.39, 0.29) is 28.9 Å². The van der Waals surface area contributed by atoms with Gasteiger partial charge in [-0.15, -0.1) is 11.6 Å². The number of carbonyl (C=O) groups is 2. The molecule has 0 saturated carbocycles. The van der Waals surface area contributed by atoms with Crippen LogP contribution in [0.2, 0.25) is 0 Å². The molecule has 5 heteroatoms. The third-order valence-corrected chi connectivity index (χ3v) is 2.05. The van der Waals surface area contributed by atoms with Crippen molar-refractivity contribution in [3.63, 3.8) is 0 Å². The number of carbonyl (C=O) groups excluding carboxylic acids is 2. The molecule has 0 aliphatic rings. The lowest BCUT2D eigenvalue weighted by Gasteiger charge is -2.01. The monoisotopic (exact) mass is 225 g/mol. The van der Waals surface area contributed by atoms with Crippen LogP contribution in [0.5, 0.6) is 0 Å². The highest BCUT2D eigenvalue weighted by atomic mass is 35.5. The van der Waals surface area contributed by atoms with Crippen molar-refractivity contribution in [3.05, 3.63) is 34.6 Å². The van der Waals surface area contributed by atoms with Crippen LogP contribution < -0.4 is 0 Å². The molecule has 0 saturated heterocycles. The van der Waals surface area contributed by atoms with Crippen molar-refractivity contribution in [2.24, 2.45) is 0 Å². The topological polar surface area (TPSA) is 57.9 Å². The number of halogens is 2. The number of hydrogen-bond donors (Lipinski definition) is 0. The molecular formula is C10H5ClFNO2.